The number of hydrogen-bond donors (Lipinski definition) is 1. The van der Waals surface area contributed by atoms with Gasteiger partial charge in [0.2, 0.25) is 0 Å². The van der Waals surface area contributed by atoms with Crippen molar-refractivity contribution in [2.45, 2.75) is 52.1 Å². The molecule has 0 heterocycles. The Hall–Kier alpha value is -0.630. The smallest absolute Gasteiger partial charge is 0.136 e. The molecule has 2 fully saturated rings. The van der Waals surface area contributed by atoms with E-state index in [1.165, 1.54) is 5.57 Å². The summed E-state index contributed by atoms with van der Waals surface area (Å²) in [6.45, 7) is 10.1. The number of hydrogen-bond acceptors (Lipinski definition) is 2. The van der Waals surface area contributed by atoms with E-state index in [0.29, 0.717) is 24.0 Å². The second-order valence-corrected chi connectivity index (χ2v) is 6.40. The number of carbonyl (C=O) groups is 1. The first-order chi connectivity index (χ1) is 7.83. The molecule has 5 atom stereocenters. The molecule has 0 aromatic rings. The van der Waals surface area contributed by atoms with Crippen LogP contribution in [0, 0.1) is 23.7 Å². The highest BCUT2D eigenvalue weighted by Gasteiger charge is 2.50. The Morgan fingerprint density at radius 3 is 2.76 bits per heavy atom. The fourth-order valence-electron chi connectivity index (χ4n) is 3.74. The SMILES string of the molecule is C=C(C)[C@H]1CC[C@](C)(O)[C@H]2CC(=O)[C@@H](C)[C@H]2C1. The van der Waals surface area contributed by atoms with Crippen LogP contribution in [0.3, 0.4) is 0 Å². The Bertz CT molecular complexity index is 343. The average molecular weight is 236 g/mol. The highest BCUT2D eigenvalue weighted by atomic mass is 16.3. The standard InChI is InChI=1S/C15H24O2/c1-9(2)11-5-6-15(4,17)13-8-14(16)10(3)12(13)7-11/h10-13,17H,1,5-8H2,2-4H3/t10-,11-,12+,13-,15-/m0/s1. The van der Waals surface area contributed by atoms with Gasteiger partial charge in [0.25, 0.3) is 0 Å². The molecule has 2 nitrogen and oxygen atoms in total. The second-order valence-electron chi connectivity index (χ2n) is 6.40. The first-order valence-corrected chi connectivity index (χ1v) is 6.73. The molecule has 96 valence electrons. The molecule has 0 bridgehead atoms. The molecule has 0 amide bonds. The molecule has 0 aromatic carbocycles. The molecule has 0 aromatic heterocycles. The topological polar surface area (TPSA) is 37.3 Å². The van der Waals surface area contributed by atoms with E-state index in [1.54, 1.807) is 0 Å². The Morgan fingerprint density at radius 1 is 1.53 bits per heavy atom. The number of allylic oxidation sites excluding steroid dienone is 1. The quantitative estimate of drug-likeness (QED) is 0.711. The fourth-order valence-corrected chi connectivity index (χ4v) is 3.74. The highest BCUT2D eigenvalue weighted by molar-refractivity contribution is 5.83. The molecule has 2 heteroatoms. The van der Waals surface area contributed by atoms with Gasteiger partial charge in [-0.3, -0.25) is 4.79 Å². The summed E-state index contributed by atoms with van der Waals surface area (Å²) >= 11 is 0. The number of carbonyl (C=O) groups excluding carboxylic acids is 1. The van der Waals surface area contributed by atoms with Crippen molar-refractivity contribution in [2.24, 2.45) is 23.7 Å². The van der Waals surface area contributed by atoms with Gasteiger partial charge < -0.3 is 5.11 Å². The Kier molecular flexibility index (Phi) is 3.19. The van der Waals surface area contributed by atoms with Crippen LogP contribution < -0.4 is 0 Å². The van der Waals surface area contributed by atoms with Crippen molar-refractivity contribution in [1.29, 1.82) is 0 Å². The van der Waals surface area contributed by atoms with Crippen LogP contribution in [0.4, 0.5) is 0 Å². The van der Waals surface area contributed by atoms with Gasteiger partial charge in [0, 0.05) is 12.3 Å². The molecule has 2 aliphatic carbocycles. The van der Waals surface area contributed by atoms with Crippen LogP contribution >= 0.6 is 0 Å². The lowest BCUT2D eigenvalue weighted by Crippen LogP contribution is -2.36. The van der Waals surface area contributed by atoms with Crippen LogP contribution in [0.5, 0.6) is 0 Å². The zero-order valence-electron chi connectivity index (χ0n) is 11.2. The Labute approximate surface area is 104 Å². The second kappa shape index (κ2) is 4.24. The predicted molar refractivity (Wildman–Crippen MR) is 68.5 cm³/mol. The predicted octanol–water partition coefficient (Wildman–Crippen LogP) is 2.95. The van der Waals surface area contributed by atoms with Crippen molar-refractivity contribution >= 4 is 5.78 Å². The normalized spacial score (nSPS) is 46.5. The van der Waals surface area contributed by atoms with Crippen molar-refractivity contribution in [3.63, 3.8) is 0 Å². The van der Waals surface area contributed by atoms with Crippen LogP contribution in [0.25, 0.3) is 0 Å². The lowest BCUT2D eigenvalue weighted by atomic mass is 9.77. The molecular formula is C15H24O2. The van der Waals surface area contributed by atoms with E-state index < -0.39 is 5.60 Å². The minimum Gasteiger partial charge on any atom is -0.390 e. The zero-order chi connectivity index (χ0) is 12.8. The molecule has 0 radical (unpaired) electrons. The minimum absolute atomic E-state index is 0.117. The number of ketones is 1. The van der Waals surface area contributed by atoms with Gasteiger partial charge in [-0.2, -0.15) is 0 Å². The maximum absolute atomic E-state index is 11.9. The average Bonchev–Trinajstić information content (AvgIpc) is 2.43. The molecule has 1 N–H and O–H groups in total. The van der Waals surface area contributed by atoms with E-state index in [9.17, 15) is 9.90 Å². The van der Waals surface area contributed by atoms with Crippen LogP contribution in [0.15, 0.2) is 12.2 Å². The van der Waals surface area contributed by atoms with Crippen molar-refractivity contribution in [3.8, 4) is 0 Å². The number of aliphatic hydroxyl groups is 1. The molecule has 17 heavy (non-hydrogen) atoms. The van der Waals surface area contributed by atoms with Gasteiger partial charge in [-0.15, -0.1) is 0 Å². The van der Waals surface area contributed by atoms with Gasteiger partial charge in [0.15, 0.2) is 0 Å². The minimum atomic E-state index is -0.671. The summed E-state index contributed by atoms with van der Waals surface area (Å²) in [6.07, 6.45) is 3.41. The molecule has 0 saturated heterocycles. The lowest BCUT2D eigenvalue weighted by Gasteiger charge is -2.32. The molecule has 0 spiro atoms. The van der Waals surface area contributed by atoms with Gasteiger partial charge in [0.1, 0.15) is 5.78 Å². The summed E-state index contributed by atoms with van der Waals surface area (Å²) < 4.78 is 0. The third-order valence-corrected chi connectivity index (χ3v) is 5.14. The van der Waals surface area contributed by atoms with Gasteiger partial charge >= 0.3 is 0 Å². The number of rotatable bonds is 1. The number of fused-ring (bicyclic) bond motifs is 1. The summed E-state index contributed by atoms with van der Waals surface area (Å²) in [7, 11) is 0. The van der Waals surface area contributed by atoms with Crippen molar-refractivity contribution < 1.29 is 9.90 Å². The zero-order valence-corrected chi connectivity index (χ0v) is 11.2. The van der Waals surface area contributed by atoms with E-state index in [-0.39, 0.29) is 11.8 Å². The molecule has 2 saturated carbocycles. The van der Waals surface area contributed by atoms with Gasteiger partial charge in [-0.1, -0.05) is 19.1 Å². The maximum atomic E-state index is 11.9. The molecular weight excluding hydrogens is 212 g/mol. The summed E-state index contributed by atoms with van der Waals surface area (Å²) in [5.74, 6) is 1.44. The Morgan fingerprint density at radius 2 is 2.18 bits per heavy atom. The lowest BCUT2D eigenvalue weighted by molar-refractivity contribution is -0.121. The largest absolute Gasteiger partial charge is 0.390 e. The van der Waals surface area contributed by atoms with Crippen molar-refractivity contribution in [3.05, 3.63) is 12.2 Å². The maximum Gasteiger partial charge on any atom is 0.136 e. The highest BCUT2D eigenvalue weighted by Crippen LogP contribution is 2.49. The monoisotopic (exact) mass is 236 g/mol. The van der Waals surface area contributed by atoms with E-state index in [4.69, 9.17) is 0 Å². The molecule has 0 aliphatic heterocycles. The summed E-state index contributed by atoms with van der Waals surface area (Å²) in [5, 5.41) is 10.6. The Balaban J connectivity index is 2.28. The van der Waals surface area contributed by atoms with E-state index >= 15 is 0 Å². The summed E-state index contributed by atoms with van der Waals surface area (Å²) in [6, 6.07) is 0. The molecule has 2 rings (SSSR count). The van der Waals surface area contributed by atoms with Gasteiger partial charge in [-0.05, 0) is 50.9 Å². The van der Waals surface area contributed by atoms with Gasteiger partial charge in [0.05, 0.1) is 5.60 Å². The molecule has 2 aliphatic rings. The van der Waals surface area contributed by atoms with E-state index in [1.807, 2.05) is 13.8 Å². The first-order valence-electron chi connectivity index (χ1n) is 6.73. The van der Waals surface area contributed by atoms with E-state index in [2.05, 4.69) is 13.5 Å². The summed E-state index contributed by atoms with van der Waals surface area (Å²) in [5.41, 5.74) is 0.531. The van der Waals surface area contributed by atoms with Gasteiger partial charge in [-0.25, -0.2) is 0 Å². The van der Waals surface area contributed by atoms with Crippen LogP contribution in [0.2, 0.25) is 0 Å². The molecule has 0 unspecified atom stereocenters. The number of Topliss-reactive ketones (excluding diaryl/α,β-unsaturated/α-hetero) is 1. The van der Waals surface area contributed by atoms with Crippen LogP contribution in [-0.4, -0.2) is 16.5 Å². The summed E-state index contributed by atoms with van der Waals surface area (Å²) in [4.78, 5) is 11.9. The van der Waals surface area contributed by atoms with Crippen molar-refractivity contribution in [2.75, 3.05) is 0 Å². The first kappa shape index (κ1) is 12.8. The van der Waals surface area contributed by atoms with Crippen LogP contribution in [0.1, 0.15) is 46.5 Å². The van der Waals surface area contributed by atoms with Crippen LogP contribution in [-0.2, 0) is 4.79 Å². The third-order valence-electron chi connectivity index (χ3n) is 5.14. The van der Waals surface area contributed by atoms with Crippen molar-refractivity contribution in [1.82, 2.24) is 0 Å². The third kappa shape index (κ3) is 2.20. The fraction of sp³-hybridized carbons (Fsp3) is 0.800. The van der Waals surface area contributed by atoms with E-state index in [0.717, 1.165) is 19.3 Å².